The van der Waals surface area contributed by atoms with E-state index in [2.05, 4.69) is 110 Å². The van der Waals surface area contributed by atoms with Gasteiger partial charge in [-0.25, -0.2) is 0 Å². The zero-order chi connectivity index (χ0) is 19.8. The molecule has 5 rings (SSSR count). The number of fused-ring (bicyclic) bond motifs is 3. The summed E-state index contributed by atoms with van der Waals surface area (Å²) in [6.07, 6.45) is 3.84. The van der Waals surface area contributed by atoms with Gasteiger partial charge in [-0.2, -0.15) is 0 Å². The van der Waals surface area contributed by atoms with Gasteiger partial charge in [-0.15, -0.1) is 0 Å². The summed E-state index contributed by atoms with van der Waals surface area (Å²) in [4.78, 5) is 0. The van der Waals surface area contributed by atoms with Gasteiger partial charge in [0, 0.05) is 0 Å². The molecule has 0 aromatic heterocycles. The summed E-state index contributed by atoms with van der Waals surface area (Å²) in [7, 11) is 0. The van der Waals surface area contributed by atoms with E-state index in [4.69, 9.17) is 0 Å². The van der Waals surface area contributed by atoms with Crippen molar-refractivity contribution < 1.29 is 0 Å². The Hall–Kier alpha value is -3.64. The lowest BCUT2D eigenvalue weighted by atomic mass is 9.67. The van der Waals surface area contributed by atoms with Gasteiger partial charge in [0.2, 0.25) is 0 Å². The molecule has 0 saturated heterocycles. The van der Waals surface area contributed by atoms with Gasteiger partial charge in [0.15, 0.2) is 0 Å². The zero-order valence-electron chi connectivity index (χ0n) is 16.3. The van der Waals surface area contributed by atoms with Crippen molar-refractivity contribution in [3.63, 3.8) is 0 Å². The minimum absolute atomic E-state index is 0.370. The fourth-order valence-electron chi connectivity index (χ4n) is 4.82. The molecule has 0 saturated carbocycles. The second-order valence-corrected chi connectivity index (χ2v) is 7.50. The van der Waals surface area contributed by atoms with Crippen LogP contribution in [-0.2, 0) is 5.41 Å². The fourth-order valence-corrected chi connectivity index (χ4v) is 4.82. The van der Waals surface area contributed by atoms with E-state index in [-0.39, 0.29) is 5.41 Å². The van der Waals surface area contributed by atoms with Gasteiger partial charge in [-0.3, -0.25) is 0 Å². The molecule has 0 radical (unpaired) electrons. The summed E-state index contributed by atoms with van der Waals surface area (Å²) in [6, 6.07) is 35.1. The molecule has 138 valence electrons. The number of rotatable bonds is 4. The van der Waals surface area contributed by atoms with Crippen LogP contribution in [-0.4, -0.2) is 0 Å². The number of benzene rings is 4. The summed E-state index contributed by atoms with van der Waals surface area (Å²) in [5, 5.41) is 0. The predicted molar refractivity (Wildman–Crippen MR) is 124 cm³/mol. The van der Waals surface area contributed by atoms with E-state index in [1.54, 1.807) is 0 Å². The first-order chi connectivity index (χ1) is 14.3. The average Bonchev–Trinajstić information content (AvgIpc) is 3.10. The highest BCUT2D eigenvalue weighted by Gasteiger charge is 2.45. The van der Waals surface area contributed by atoms with Crippen LogP contribution >= 0.6 is 0 Å². The molecule has 0 spiro atoms. The predicted octanol–water partition coefficient (Wildman–Crippen LogP) is 7.34. The average molecular weight is 370 g/mol. The highest BCUT2D eigenvalue weighted by Crippen LogP contribution is 2.56. The van der Waals surface area contributed by atoms with Crippen LogP contribution in [0.3, 0.4) is 0 Å². The molecular formula is C29H22. The summed E-state index contributed by atoms with van der Waals surface area (Å²) < 4.78 is 0. The monoisotopic (exact) mass is 370 g/mol. The molecule has 0 fully saturated rings. The molecule has 0 N–H and O–H groups in total. The SMILES string of the molecule is C=Cc1cccc(C2(c3cccc(C=C)c3)c3ccccc3-c3ccccc32)c1. The largest absolute Gasteiger partial charge is 0.0985 e. The molecule has 0 aliphatic heterocycles. The third kappa shape index (κ3) is 2.46. The van der Waals surface area contributed by atoms with Crippen LogP contribution in [0.2, 0.25) is 0 Å². The van der Waals surface area contributed by atoms with Crippen molar-refractivity contribution in [3.8, 4) is 11.1 Å². The maximum atomic E-state index is 4.00. The van der Waals surface area contributed by atoms with E-state index in [0.717, 1.165) is 11.1 Å². The molecule has 0 amide bonds. The van der Waals surface area contributed by atoms with Crippen molar-refractivity contribution >= 4 is 12.2 Å². The van der Waals surface area contributed by atoms with E-state index < -0.39 is 0 Å². The molecule has 1 aliphatic carbocycles. The fraction of sp³-hybridized carbons (Fsp3) is 0.0345. The Morgan fingerprint density at radius 1 is 0.517 bits per heavy atom. The van der Waals surface area contributed by atoms with Crippen LogP contribution in [0.1, 0.15) is 33.4 Å². The van der Waals surface area contributed by atoms with Gasteiger partial charge >= 0.3 is 0 Å². The van der Waals surface area contributed by atoms with Crippen molar-refractivity contribution in [3.05, 3.63) is 144 Å². The summed E-state index contributed by atoms with van der Waals surface area (Å²) in [6.45, 7) is 7.99. The molecule has 0 nitrogen and oxygen atoms in total. The maximum absolute atomic E-state index is 4.00. The third-order valence-electron chi connectivity index (χ3n) is 6.06. The quantitative estimate of drug-likeness (QED) is 0.310. The van der Waals surface area contributed by atoms with Crippen molar-refractivity contribution in [2.24, 2.45) is 0 Å². The summed E-state index contributed by atoms with van der Waals surface area (Å²) in [5.74, 6) is 0. The smallest absolute Gasteiger partial charge is 0.0713 e. The Morgan fingerprint density at radius 2 is 0.966 bits per heavy atom. The second kappa shape index (κ2) is 6.76. The first-order valence-electron chi connectivity index (χ1n) is 9.94. The van der Waals surface area contributed by atoms with Crippen molar-refractivity contribution in [1.82, 2.24) is 0 Å². The molecule has 29 heavy (non-hydrogen) atoms. The highest BCUT2D eigenvalue weighted by atomic mass is 14.5. The normalized spacial score (nSPS) is 13.4. The molecule has 0 bridgehead atoms. The zero-order valence-corrected chi connectivity index (χ0v) is 16.3. The van der Waals surface area contributed by atoms with Gasteiger partial charge in [0.1, 0.15) is 0 Å². The Balaban J connectivity index is 1.97. The van der Waals surface area contributed by atoms with Crippen LogP contribution in [0.5, 0.6) is 0 Å². The van der Waals surface area contributed by atoms with E-state index >= 15 is 0 Å². The molecule has 1 aliphatic rings. The maximum Gasteiger partial charge on any atom is 0.0713 e. The first kappa shape index (κ1) is 17.5. The van der Waals surface area contributed by atoms with Crippen LogP contribution < -0.4 is 0 Å². The molecule has 0 unspecified atom stereocenters. The lowest BCUT2D eigenvalue weighted by Gasteiger charge is -2.34. The topological polar surface area (TPSA) is 0 Å². The molecule has 4 aromatic rings. The van der Waals surface area contributed by atoms with Crippen LogP contribution in [0.15, 0.2) is 110 Å². The van der Waals surface area contributed by atoms with Crippen LogP contribution in [0, 0.1) is 0 Å². The molecule has 0 atom stereocenters. The third-order valence-corrected chi connectivity index (χ3v) is 6.06. The second-order valence-electron chi connectivity index (χ2n) is 7.50. The van der Waals surface area contributed by atoms with Gasteiger partial charge in [0.25, 0.3) is 0 Å². The van der Waals surface area contributed by atoms with Gasteiger partial charge in [-0.1, -0.05) is 122 Å². The van der Waals surface area contributed by atoms with Gasteiger partial charge < -0.3 is 0 Å². The molecule has 0 heterocycles. The van der Waals surface area contributed by atoms with E-state index in [1.807, 2.05) is 12.2 Å². The van der Waals surface area contributed by atoms with Crippen molar-refractivity contribution in [2.75, 3.05) is 0 Å². The number of hydrogen-bond acceptors (Lipinski definition) is 0. The summed E-state index contributed by atoms with van der Waals surface area (Å²) in [5.41, 5.74) is 9.65. The highest BCUT2D eigenvalue weighted by molar-refractivity contribution is 5.86. The van der Waals surface area contributed by atoms with Gasteiger partial charge in [-0.05, 0) is 44.5 Å². The molecule has 4 aromatic carbocycles. The van der Waals surface area contributed by atoms with E-state index in [9.17, 15) is 0 Å². The Labute approximate surface area is 172 Å². The minimum Gasteiger partial charge on any atom is -0.0985 e. The lowest BCUT2D eigenvalue weighted by Crippen LogP contribution is -2.28. The molecule has 0 heteroatoms. The lowest BCUT2D eigenvalue weighted by molar-refractivity contribution is 0.768. The minimum atomic E-state index is -0.370. The van der Waals surface area contributed by atoms with Crippen molar-refractivity contribution in [2.45, 2.75) is 5.41 Å². The Kier molecular flexibility index (Phi) is 4.07. The molecular weight excluding hydrogens is 348 g/mol. The number of hydrogen-bond donors (Lipinski definition) is 0. The van der Waals surface area contributed by atoms with E-state index in [1.165, 1.54) is 33.4 Å². The standard InChI is InChI=1S/C29H22/c1-3-21-11-9-13-23(19-21)29(24-14-10-12-22(4-2)20-24)27-17-7-5-15-25(27)26-16-6-8-18-28(26)29/h3-20H,1-2H2. The first-order valence-corrected chi connectivity index (χ1v) is 9.94. The van der Waals surface area contributed by atoms with Crippen LogP contribution in [0.25, 0.3) is 23.3 Å². The Bertz CT molecular complexity index is 1140. The van der Waals surface area contributed by atoms with Gasteiger partial charge in [0.05, 0.1) is 5.41 Å². The van der Waals surface area contributed by atoms with E-state index in [0.29, 0.717) is 0 Å². The Morgan fingerprint density at radius 3 is 1.41 bits per heavy atom. The van der Waals surface area contributed by atoms with Crippen LogP contribution in [0.4, 0.5) is 0 Å². The van der Waals surface area contributed by atoms with Crippen molar-refractivity contribution in [1.29, 1.82) is 0 Å². The summed E-state index contributed by atoms with van der Waals surface area (Å²) >= 11 is 0.